The second-order valence-electron chi connectivity index (χ2n) is 4.74. The van der Waals surface area contributed by atoms with Gasteiger partial charge >= 0.3 is 0 Å². The Labute approximate surface area is 133 Å². The van der Waals surface area contributed by atoms with E-state index in [1.165, 1.54) is 6.20 Å². The van der Waals surface area contributed by atoms with Crippen LogP contribution in [0.5, 0.6) is 0 Å². The summed E-state index contributed by atoms with van der Waals surface area (Å²) in [6.07, 6.45) is 3.13. The maximum absolute atomic E-state index is 12.3. The zero-order valence-corrected chi connectivity index (χ0v) is 13.7. The molecule has 0 saturated carbocycles. The number of aryl methyl sites for hydroxylation is 1. The average molecular weight is 330 g/mol. The molecule has 2 heterocycles. The number of hydrogen-bond donors (Lipinski definition) is 0. The highest BCUT2D eigenvalue weighted by Gasteiger charge is 2.16. The first-order chi connectivity index (χ1) is 9.93. The number of halogens is 2. The highest BCUT2D eigenvalue weighted by molar-refractivity contribution is 6.31. The lowest BCUT2D eigenvalue weighted by Gasteiger charge is -2.18. The Morgan fingerprint density at radius 2 is 1.86 bits per heavy atom. The predicted molar refractivity (Wildman–Crippen MR) is 81.4 cm³/mol. The average Bonchev–Trinajstić information content (AvgIpc) is 2.96. The lowest BCUT2D eigenvalue weighted by Crippen LogP contribution is -2.31. The maximum Gasteiger partial charge on any atom is 0.244 e. The Kier molecular flexibility index (Phi) is 4.90. The molecule has 2 rings (SSSR count). The van der Waals surface area contributed by atoms with Crippen LogP contribution in [0.2, 0.25) is 10.0 Å². The van der Waals surface area contributed by atoms with Crippen LogP contribution in [0.3, 0.4) is 0 Å². The normalized spacial score (nSPS) is 10.9. The van der Waals surface area contributed by atoms with Gasteiger partial charge in [-0.25, -0.2) is 0 Å². The number of nitrogens with zero attached hydrogens (tertiary/aromatic N) is 5. The number of likely N-dealkylation sites (N-methyl/N-ethyl adjacent to an activating group) is 1. The molecule has 0 aliphatic carbocycles. The highest BCUT2D eigenvalue weighted by Crippen LogP contribution is 2.17. The standard InChI is InChI=1S/C13H17Cl2N5O/c1-4-19-12(11(15)6-16-19)7-18(3)13(21)8-20-9(2)10(14)5-17-20/h5-6H,4,7-8H2,1-3H3. The van der Waals surface area contributed by atoms with Crippen LogP contribution in [0.1, 0.15) is 18.3 Å². The van der Waals surface area contributed by atoms with E-state index < -0.39 is 0 Å². The van der Waals surface area contributed by atoms with Crippen molar-refractivity contribution in [3.05, 3.63) is 33.8 Å². The van der Waals surface area contributed by atoms with Crippen molar-refractivity contribution in [1.82, 2.24) is 24.5 Å². The van der Waals surface area contributed by atoms with Crippen LogP contribution in [-0.2, 0) is 24.4 Å². The van der Waals surface area contributed by atoms with Gasteiger partial charge in [0.2, 0.25) is 5.91 Å². The summed E-state index contributed by atoms with van der Waals surface area (Å²) in [6.45, 7) is 5.06. The minimum atomic E-state index is -0.0715. The molecule has 2 aromatic rings. The minimum absolute atomic E-state index is 0.0715. The molecule has 0 fully saturated rings. The third-order valence-corrected chi connectivity index (χ3v) is 4.03. The van der Waals surface area contributed by atoms with Crippen LogP contribution in [0.15, 0.2) is 12.4 Å². The third kappa shape index (κ3) is 3.39. The van der Waals surface area contributed by atoms with E-state index in [2.05, 4.69) is 10.2 Å². The van der Waals surface area contributed by atoms with E-state index in [1.807, 2.05) is 13.8 Å². The molecule has 0 atom stereocenters. The van der Waals surface area contributed by atoms with Crippen molar-refractivity contribution in [3.63, 3.8) is 0 Å². The van der Waals surface area contributed by atoms with Crippen molar-refractivity contribution in [3.8, 4) is 0 Å². The molecule has 8 heteroatoms. The van der Waals surface area contributed by atoms with Gasteiger partial charge in [0.15, 0.2) is 0 Å². The van der Waals surface area contributed by atoms with E-state index >= 15 is 0 Å². The number of rotatable bonds is 5. The molecule has 0 bridgehead atoms. The zero-order chi connectivity index (χ0) is 15.6. The van der Waals surface area contributed by atoms with Crippen LogP contribution in [0.4, 0.5) is 0 Å². The number of amides is 1. The fourth-order valence-electron chi connectivity index (χ4n) is 1.96. The SMILES string of the molecule is CCn1ncc(Cl)c1CN(C)C(=O)Cn1ncc(Cl)c1C. The van der Waals surface area contributed by atoms with Gasteiger partial charge in [-0.1, -0.05) is 23.2 Å². The lowest BCUT2D eigenvalue weighted by atomic mass is 10.3. The quantitative estimate of drug-likeness (QED) is 0.846. The van der Waals surface area contributed by atoms with E-state index in [9.17, 15) is 4.79 Å². The Morgan fingerprint density at radius 1 is 1.24 bits per heavy atom. The largest absolute Gasteiger partial charge is 0.338 e. The van der Waals surface area contributed by atoms with Gasteiger partial charge in [0.05, 0.1) is 40.4 Å². The molecule has 0 radical (unpaired) electrons. The second-order valence-corrected chi connectivity index (χ2v) is 5.55. The van der Waals surface area contributed by atoms with Gasteiger partial charge in [-0.15, -0.1) is 0 Å². The molecule has 2 aromatic heterocycles. The van der Waals surface area contributed by atoms with Crippen LogP contribution < -0.4 is 0 Å². The number of hydrogen-bond acceptors (Lipinski definition) is 3. The zero-order valence-electron chi connectivity index (χ0n) is 12.2. The maximum atomic E-state index is 12.3. The fourth-order valence-corrected chi connectivity index (χ4v) is 2.30. The fraction of sp³-hybridized carbons (Fsp3) is 0.462. The summed E-state index contributed by atoms with van der Waals surface area (Å²) in [5.74, 6) is -0.0715. The first-order valence-corrected chi connectivity index (χ1v) is 7.31. The summed E-state index contributed by atoms with van der Waals surface area (Å²) in [6, 6.07) is 0. The first kappa shape index (κ1) is 15.9. The highest BCUT2D eigenvalue weighted by atomic mass is 35.5. The summed E-state index contributed by atoms with van der Waals surface area (Å²) in [5.41, 5.74) is 1.60. The van der Waals surface area contributed by atoms with Crippen LogP contribution in [0, 0.1) is 6.92 Å². The molecule has 0 aliphatic rings. The summed E-state index contributed by atoms with van der Waals surface area (Å²) in [5, 5.41) is 9.36. The van der Waals surface area contributed by atoms with E-state index in [4.69, 9.17) is 23.2 Å². The van der Waals surface area contributed by atoms with Gasteiger partial charge in [0.1, 0.15) is 6.54 Å². The summed E-state index contributed by atoms with van der Waals surface area (Å²) in [7, 11) is 1.73. The van der Waals surface area contributed by atoms with Gasteiger partial charge < -0.3 is 4.90 Å². The van der Waals surface area contributed by atoms with Crippen LogP contribution >= 0.6 is 23.2 Å². The van der Waals surface area contributed by atoms with Gasteiger partial charge in [0.25, 0.3) is 0 Å². The molecule has 0 spiro atoms. The molecule has 0 unspecified atom stereocenters. The molecule has 114 valence electrons. The molecule has 0 aliphatic heterocycles. The lowest BCUT2D eigenvalue weighted by molar-refractivity contribution is -0.131. The third-order valence-electron chi connectivity index (χ3n) is 3.34. The van der Waals surface area contributed by atoms with Gasteiger partial charge in [0, 0.05) is 13.6 Å². The summed E-state index contributed by atoms with van der Waals surface area (Å²) in [4.78, 5) is 13.9. The van der Waals surface area contributed by atoms with Gasteiger partial charge in [-0.2, -0.15) is 10.2 Å². The summed E-state index contributed by atoms with van der Waals surface area (Å²) < 4.78 is 3.36. The summed E-state index contributed by atoms with van der Waals surface area (Å²) >= 11 is 12.0. The Bertz CT molecular complexity index is 649. The number of carbonyl (C=O) groups excluding carboxylic acids is 1. The van der Waals surface area contributed by atoms with Gasteiger partial charge in [-0.05, 0) is 13.8 Å². The van der Waals surface area contributed by atoms with E-state index in [1.54, 1.807) is 27.5 Å². The van der Waals surface area contributed by atoms with E-state index in [0.29, 0.717) is 23.1 Å². The topological polar surface area (TPSA) is 56.0 Å². The Morgan fingerprint density at radius 3 is 2.43 bits per heavy atom. The molecule has 0 saturated heterocycles. The Balaban J connectivity index is 2.06. The Hall–Kier alpha value is -1.53. The van der Waals surface area contributed by atoms with Crippen molar-refractivity contribution < 1.29 is 4.79 Å². The van der Waals surface area contributed by atoms with E-state index in [-0.39, 0.29) is 12.5 Å². The molecule has 0 N–H and O–H groups in total. The van der Waals surface area contributed by atoms with Crippen LogP contribution in [-0.4, -0.2) is 37.4 Å². The van der Waals surface area contributed by atoms with Crippen LogP contribution in [0.25, 0.3) is 0 Å². The predicted octanol–water partition coefficient (Wildman–Crippen LogP) is 2.37. The first-order valence-electron chi connectivity index (χ1n) is 6.56. The molecule has 21 heavy (non-hydrogen) atoms. The molecular formula is C13H17Cl2N5O. The molecular weight excluding hydrogens is 313 g/mol. The van der Waals surface area contributed by atoms with Crippen molar-refractivity contribution >= 4 is 29.1 Å². The number of aromatic nitrogens is 4. The number of carbonyl (C=O) groups is 1. The van der Waals surface area contributed by atoms with Crippen molar-refractivity contribution in [2.75, 3.05) is 7.05 Å². The van der Waals surface area contributed by atoms with Gasteiger partial charge in [-0.3, -0.25) is 14.2 Å². The van der Waals surface area contributed by atoms with Crippen molar-refractivity contribution in [1.29, 1.82) is 0 Å². The van der Waals surface area contributed by atoms with Crippen molar-refractivity contribution in [2.45, 2.75) is 33.5 Å². The second kappa shape index (κ2) is 6.49. The molecule has 0 aromatic carbocycles. The van der Waals surface area contributed by atoms with Crippen molar-refractivity contribution in [2.24, 2.45) is 0 Å². The minimum Gasteiger partial charge on any atom is -0.338 e. The molecule has 1 amide bonds. The smallest absolute Gasteiger partial charge is 0.244 e. The van der Waals surface area contributed by atoms with E-state index in [0.717, 1.165) is 11.4 Å². The molecule has 6 nitrogen and oxygen atoms in total. The monoisotopic (exact) mass is 329 g/mol.